The summed E-state index contributed by atoms with van der Waals surface area (Å²) >= 11 is 1.78. The van der Waals surface area contributed by atoms with Crippen LogP contribution in [0.3, 0.4) is 0 Å². The molecule has 0 radical (unpaired) electrons. The highest BCUT2D eigenvalue weighted by Crippen LogP contribution is 2.42. The third-order valence-electron chi connectivity index (χ3n) is 5.41. The summed E-state index contributed by atoms with van der Waals surface area (Å²) in [5.41, 5.74) is 3.96. The predicted molar refractivity (Wildman–Crippen MR) is 100.0 cm³/mol. The van der Waals surface area contributed by atoms with Crippen molar-refractivity contribution in [2.24, 2.45) is 0 Å². The highest BCUT2D eigenvalue weighted by molar-refractivity contribution is 7.22. The van der Waals surface area contributed by atoms with E-state index in [1.54, 1.807) is 17.7 Å². The lowest BCUT2D eigenvalue weighted by atomic mass is 9.96. The van der Waals surface area contributed by atoms with E-state index in [2.05, 4.69) is 37.7 Å². The summed E-state index contributed by atoms with van der Waals surface area (Å²) in [7, 11) is 2.20. The third kappa shape index (κ3) is 2.76. The Hall–Kier alpha value is -1.83. The molecule has 1 aliphatic heterocycles. The van der Waals surface area contributed by atoms with Gasteiger partial charge in [-0.2, -0.15) is 5.10 Å². The van der Waals surface area contributed by atoms with Crippen molar-refractivity contribution in [2.45, 2.75) is 19.4 Å². The van der Waals surface area contributed by atoms with Gasteiger partial charge in [-0.15, -0.1) is 11.3 Å². The molecule has 0 bridgehead atoms. The molecule has 0 N–H and O–H groups in total. The second-order valence-electron chi connectivity index (χ2n) is 7.05. The van der Waals surface area contributed by atoms with Crippen molar-refractivity contribution in [3.8, 4) is 10.4 Å². The van der Waals surface area contributed by atoms with Crippen LogP contribution in [0.1, 0.15) is 11.3 Å². The SMILES string of the molecule is CN1CCN(CCn2cc3c(n2)CCc2c-3sc3ncncc23)CC1. The fourth-order valence-corrected chi connectivity index (χ4v) is 5.06. The van der Waals surface area contributed by atoms with Gasteiger partial charge in [-0.25, -0.2) is 9.97 Å². The zero-order chi connectivity index (χ0) is 16.8. The van der Waals surface area contributed by atoms with E-state index < -0.39 is 0 Å². The molecule has 25 heavy (non-hydrogen) atoms. The van der Waals surface area contributed by atoms with Gasteiger partial charge in [-0.3, -0.25) is 9.58 Å². The second kappa shape index (κ2) is 6.16. The molecular weight excluding hydrogens is 332 g/mol. The predicted octanol–water partition coefficient (Wildman–Crippen LogP) is 1.90. The first-order valence-corrected chi connectivity index (χ1v) is 9.78. The highest BCUT2D eigenvalue weighted by atomic mass is 32.1. The summed E-state index contributed by atoms with van der Waals surface area (Å²) in [5, 5.41) is 6.09. The summed E-state index contributed by atoms with van der Waals surface area (Å²) in [5.74, 6) is 0. The van der Waals surface area contributed by atoms with Crippen LogP contribution in [0.15, 0.2) is 18.7 Å². The van der Waals surface area contributed by atoms with Gasteiger partial charge in [0.15, 0.2) is 0 Å². The second-order valence-corrected chi connectivity index (χ2v) is 8.05. The molecule has 0 saturated carbocycles. The number of likely N-dealkylation sites (N-methyl/N-ethyl adjacent to an activating group) is 1. The van der Waals surface area contributed by atoms with Gasteiger partial charge in [0.1, 0.15) is 11.2 Å². The maximum Gasteiger partial charge on any atom is 0.127 e. The summed E-state index contributed by atoms with van der Waals surface area (Å²) in [6.45, 7) is 6.71. The molecule has 1 fully saturated rings. The maximum atomic E-state index is 4.87. The summed E-state index contributed by atoms with van der Waals surface area (Å²) in [6.07, 6.45) is 7.91. The van der Waals surface area contributed by atoms with Gasteiger partial charge in [0.2, 0.25) is 0 Å². The molecule has 3 aromatic heterocycles. The molecule has 1 aliphatic carbocycles. The Morgan fingerprint density at radius 2 is 2.00 bits per heavy atom. The van der Waals surface area contributed by atoms with Gasteiger partial charge in [-0.05, 0) is 25.5 Å². The minimum atomic E-state index is 0.969. The van der Waals surface area contributed by atoms with Gasteiger partial charge in [0.25, 0.3) is 0 Å². The summed E-state index contributed by atoms with van der Waals surface area (Å²) < 4.78 is 2.15. The Labute approximate surface area is 151 Å². The van der Waals surface area contributed by atoms with Gasteiger partial charge in [0, 0.05) is 60.9 Å². The number of aryl methyl sites for hydroxylation is 2. The quantitative estimate of drug-likeness (QED) is 0.719. The van der Waals surface area contributed by atoms with Crippen LogP contribution in [0.25, 0.3) is 20.7 Å². The van der Waals surface area contributed by atoms with Crippen molar-refractivity contribution in [1.82, 2.24) is 29.5 Å². The average Bonchev–Trinajstić information content (AvgIpc) is 3.22. The fourth-order valence-electron chi connectivity index (χ4n) is 3.86. The van der Waals surface area contributed by atoms with Gasteiger partial charge in [0.05, 0.1) is 12.2 Å². The molecule has 3 aromatic rings. The number of hydrogen-bond acceptors (Lipinski definition) is 6. The molecule has 0 atom stereocenters. The van der Waals surface area contributed by atoms with Gasteiger partial charge >= 0.3 is 0 Å². The zero-order valence-electron chi connectivity index (χ0n) is 14.5. The molecule has 0 unspecified atom stereocenters. The molecule has 130 valence electrons. The topological polar surface area (TPSA) is 50.1 Å². The Bertz CT molecular complexity index is 906. The molecule has 0 amide bonds. The van der Waals surface area contributed by atoms with E-state index in [9.17, 15) is 0 Å². The lowest BCUT2D eigenvalue weighted by Crippen LogP contribution is -2.45. The van der Waals surface area contributed by atoms with Crippen LogP contribution in [0.4, 0.5) is 0 Å². The van der Waals surface area contributed by atoms with E-state index >= 15 is 0 Å². The van der Waals surface area contributed by atoms with E-state index in [-0.39, 0.29) is 0 Å². The number of rotatable bonds is 3. The largest absolute Gasteiger partial charge is 0.304 e. The fraction of sp³-hybridized carbons (Fsp3) is 0.500. The standard InChI is InChI=1S/C18H22N6S/c1-22-4-6-23(7-5-22)8-9-24-11-15-16(21-24)3-2-13-14-10-19-12-20-18(14)25-17(13)15/h10-12H,2-9H2,1H3. The van der Waals surface area contributed by atoms with Crippen molar-refractivity contribution in [1.29, 1.82) is 0 Å². The number of aromatic nitrogens is 4. The van der Waals surface area contributed by atoms with E-state index in [1.807, 2.05) is 6.20 Å². The van der Waals surface area contributed by atoms with Crippen molar-refractivity contribution >= 4 is 21.6 Å². The molecule has 1 saturated heterocycles. The number of fused-ring (bicyclic) bond motifs is 5. The minimum Gasteiger partial charge on any atom is -0.304 e. The average molecular weight is 354 g/mol. The van der Waals surface area contributed by atoms with Crippen LogP contribution < -0.4 is 0 Å². The number of piperazine rings is 1. The van der Waals surface area contributed by atoms with Gasteiger partial charge in [-0.1, -0.05) is 0 Å². The minimum absolute atomic E-state index is 0.969. The third-order valence-corrected chi connectivity index (χ3v) is 6.60. The maximum absolute atomic E-state index is 4.87. The molecule has 4 heterocycles. The Kier molecular flexibility index (Phi) is 3.80. The van der Waals surface area contributed by atoms with Crippen LogP contribution in [0.2, 0.25) is 0 Å². The first-order valence-electron chi connectivity index (χ1n) is 8.97. The molecule has 7 heteroatoms. The van der Waals surface area contributed by atoms with Crippen molar-refractivity contribution < 1.29 is 0 Å². The summed E-state index contributed by atoms with van der Waals surface area (Å²) in [4.78, 5) is 16.0. The zero-order valence-corrected chi connectivity index (χ0v) is 15.3. The van der Waals surface area contributed by atoms with Crippen LogP contribution in [0.5, 0.6) is 0 Å². The molecule has 0 spiro atoms. The smallest absolute Gasteiger partial charge is 0.127 e. The van der Waals surface area contributed by atoms with Crippen molar-refractivity contribution in [3.05, 3.63) is 30.0 Å². The molecular formula is C18H22N6S. The van der Waals surface area contributed by atoms with E-state index in [4.69, 9.17) is 5.10 Å². The van der Waals surface area contributed by atoms with Crippen LogP contribution in [-0.4, -0.2) is 69.3 Å². The molecule has 6 nitrogen and oxygen atoms in total. The monoisotopic (exact) mass is 354 g/mol. The van der Waals surface area contributed by atoms with E-state index in [0.29, 0.717) is 0 Å². The molecule has 0 aromatic carbocycles. The lowest BCUT2D eigenvalue weighted by molar-refractivity contribution is 0.148. The molecule has 2 aliphatic rings. The Morgan fingerprint density at radius 3 is 2.88 bits per heavy atom. The Balaban J connectivity index is 1.38. The van der Waals surface area contributed by atoms with E-state index in [0.717, 1.165) is 43.9 Å². The normalized spacial score (nSPS) is 18.4. The van der Waals surface area contributed by atoms with Gasteiger partial charge < -0.3 is 4.90 Å². The van der Waals surface area contributed by atoms with Crippen molar-refractivity contribution in [3.63, 3.8) is 0 Å². The number of hydrogen-bond donors (Lipinski definition) is 0. The lowest BCUT2D eigenvalue weighted by Gasteiger charge is -2.32. The number of nitrogens with zero attached hydrogens (tertiary/aromatic N) is 6. The van der Waals surface area contributed by atoms with Crippen LogP contribution in [0, 0.1) is 0 Å². The number of thiophene rings is 1. The highest BCUT2D eigenvalue weighted by Gasteiger charge is 2.24. The van der Waals surface area contributed by atoms with Crippen LogP contribution >= 0.6 is 11.3 Å². The first-order chi connectivity index (χ1) is 12.3. The molecule has 5 rings (SSSR count). The Morgan fingerprint density at radius 1 is 1.12 bits per heavy atom. The van der Waals surface area contributed by atoms with E-state index in [1.165, 1.54) is 40.2 Å². The summed E-state index contributed by atoms with van der Waals surface area (Å²) in [6, 6.07) is 0. The van der Waals surface area contributed by atoms with Crippen molar-refractivity contribution in [2.75, 3.05) is 39.8 Å². The van der Waals surface area contributed by atoms with Crippen LogP contribution in [-0.2, 0) is 19.4 Å². The first kappa shape index (κ1) is 15.4.